The van der Waals surface area contributed by atoms with Crippen molar-refractivity contribution in [3.63, 3.8) is 0 Å². The Morgan fingerprint density at radius 3 is 2.57 bits per heavy atom. The van der Waals surface area contributed by atoms with Gasteiger partial charge < -0.3 is 10.2 Å². The van der Waals surface area contributed by atoms with E-state index in [0.29, 0.717) is 6.04 Å². The molecule has 0 bridgehead atoms. The van der Waals surface area contributed by atoms with E-state index in [0.717, 1.165) is 13.1 Å². The quantitative estimate of drug-likeness (QED) is 0.452. The first kappa shape index (κ1) is 13.7. The van der Waals surface area contributed by atoms with E-state index >= 15 is 0 Å². The van der Waals surface area contributed by atoms with Crippen LogP contribution in [-0.4, -0.2) is 37.6 Å². The third-order valence-electron chi connectivity index (χ3n) is 2.21. The Balaban J connectivity index is 3.09. The minimum atomic E-state index is 0.624. The summed E-state index contributed by atoms with van der Waals surface area (Å²) in [5.74, 6) is 0. The van der Waals surface area contributed by atoms with Crippen molar-refractivity contribution < 1.29 is 0 Å². The Morgan fingerprint density at radius 2 is 2.00 bits per heavy atom. The summed E-state index contributed by atoms with van der Waals surface area (Å²) < 4.78 is 0. The highest BCUT2D eigenvalue weighted by Crippen LogP contribution is 1.96. The fourth-order valence-electron chi connectivity index (χ4n) is 1.39. The second-order valence-electron chi connectivity index (χ2n) is 4.22. The van der Waals surface area contributed by atoms with Gasteiger partial charge in [-0.1, -0.05) is 26.3 Å². The lowest BCUT2D eigenvalue weighted by Gasteiger charge is -2.13. The van der Waals surface area contributed by atoms with E-state index < -0.39 is 0 Å². The maximum atomic E-state index is 3.73. The van der Waals surface area contributed by atoms with Gasteiger partial charge in [0.1, 0.15) is 0 Å². The lowest BCUT2D eigenvalue weighted by molar-refractivity contribution is 0.356. The lowest BCUT2D eigenvalue weighted by Crippen LogP contribution is -2.24. The van der Waals surface area contributed by atoms with Crippen LogP contribution in [0.15, 0.2) is 12.7 Å². The number of hydrogen-bond acceptors (Lipinski definition) is 2. The molecule has 0 aromatic rings. The first-order valence-electron chi connectivity index (χ1n) is 5.69. The van der Waals surface area contributed by atoms with Crippen molar-refractivity contribution in [2.24, 2.45) is 0 Å². The van der Waals surface area contributed by atoms with Crippen molar-refractivity contribution in [3.8, 4) is 0 Å². The Labute approximate surface area is 89.4 Å². The van der Waals surface area contributed by atoms with Crippen molar-refractivity contribution in [1.82, 2.24) is 10.2 Å². The zero-order valence-corrected chi connectivity index (χ0v) is 10.1. The summed E-state index contributed by atoms with van der Waals surface area (Å²) in [6, 6.07) is 0.624. The van der Waals surface area contributed by atoms with Crippen LogP contribution in [0.25, 0.3) is 0 Å². The highest BCUT2D eigenvalue weighted by atomic mass is 15.1. The highest BCUT2D eigenvalue weighted by molar-refractivity contribution is 4.70. The Morgan fingerprint density at radius 1 is 1.29 bits per heavy atom. The Hall–Kier alpha value is -0.340. The van der Waals surface area contributed by atoms with Crippen LogP contribution in [0.2, 0.25) is 0 Å². The molecule has 0 aromatic heterocycles. The molecule has 0 unspecified atom stereocenters. The fourth-order valence-corrected chi connectivity index (χ4v) is 1.39. The average Bonchev–Trinajstić information content (AvgIpc) is 2.11. The topological polar surface area (TPSA) is 15.3 Å². The minimum absolute atomic E-state index is 0.624. The van der Waals surface area contributed by atoms with Gasteiger partial charge >= 0.3 is 0 Å². The van der Waals surface area contributed by atoms with Crippen molar-refractivity contribution in [3.05, 3.63) is 12.7 Å². The summed E-state index contributed by atoms with van der Waals surface area (Å²) in [4.78, 5) is 2.31. The van der Waals surface area contributed by atoms with Crippen molar-refractivity contribution in [2.75, 3.05) is 26.7 Å². The normalized spacial score (nSPS) is 11.2. The third-order valence-corrected chi connectivity index (χ3v) is 2.21. The van der Waals surface area contributed by atoms with Crippen molar-refractivity contribution in [2.45, 2.75) is 39.2 Å². The molecule has 0 aliphatic heterocycles. The second-order valence-corrected chi connectivity index (χ2v) is 4.22. The molecule has 0 heterocycles. The number of nitrogens with zero attached hydrogens (tertiary/aromatic N) is 1. The zero-order chi connectivity index (χ0) is 10.8. The molecule has 2 nitrogen and oxygen atoms in total. The molecule has 0 aliphatic rings. The monoisotopic (exact) mass is 198 g/mol. The van der Waals surface area contributed by atoms with E-state index in [1.54, 1.807) is 0 Å². The molecule has 14 heavy (non-hydrogen) atoms. The predicted octanol–water partition coefficient (Wildman–Crippen LogP) is 2.27. The van der Waals surface area contributed by atoms with Gasteiger partial charge in [-0.25, -0.2) is 0 Å². The minimum Gasteiger partial charge on any atom is -0.315 e. The molecule has 2 heteroatoms. The lowest BCUT2D eigenvalue weighted by atomic mass is 10.2. The molecule has 0 aromatic carbocycles. The van der Waals surface area contributed by atoms with E-state index in [2.05, 4.69) is 37.7 Å². The molecule has 0 atom stereocenters. The molecule has 0 fully saturated rings. The van der Waals surface area contributed by atoms with E-state index in [1.165, 1.54) is 25.8 Å². The van der Waals surface area contributed by atoms with Crippen LogP contribution in [-0.2, 0) is 0 Å². The molecule has 0 aliphatic carbocycles. The number of unbranched alkanes of at least 4 members (excludes halogenated alkanes) is 2. The molecule has 0 spiro atoms. The first-order chi connectivity index (χ1) is 6.66. The van der Waals surface area contributed by atoms with Crippen LogP contribution < -0.4 is 5.32 Å². The molecule has 0 saturated carbocycles. The summed E-state index contributed by atoms with van der Waals surface area (Å²) in [5.41, 5.74) is 0. The number of likely N-dealkylation sites (N-methyl/N-ethyl adjacent to an activating group) is 1. The summed E-state index contributed by atoms with van der Waals surface area (Å²) in [6.07, 6.45) is 5.87. The van der Waals surface area contributed by atoms with Gasteiger partial charge in [-0.05, 0) is 33.0 Å². The van der Waals surface area contributed by atoms with Gasteiger partial charge in [-0.15, -0.1) is 6.58 Å². The van der Waals surface area contributed by atoms with E-state index in [1.807, 2.05) is 6.08 Å². The standard InChI is InChI=1S/C12H26N2/c1-5-10-14(4)11-8-6-7-9-13-12(2)3/h5,12-13H,1,6-11H2,2-4H3. The summed E-state index contributed by atoms with van der Waals surface area (Å²) in [5, 5.41) is 3.43. The van der Waals surface area contributed by atoms with Crippen LogP contribution >= 0.6 is 0 Å². The fraction of sp³-hybridized carbons (Fsp3) is 0.833. The molecular weight excluding hydrogens is 172 g/mol. The Bertz CT molecular complexity index is 132. The van der Waals surface area contributed by atoms with E-state index in [4.69, 9.17) is 0 Å². The van der Waals surface area contributed by atoms with Gasteiger partial charge in [-0.2, -0.15) is 0 Å². The van der Waals surface area contributed by atoms with E-state index in [-0.39, 0.29) is 0 Å². The maximum absolute atomic E-state index is 3.73. The molecule has 0 amide bonds. The van der Waals surface area contributed by atoms with Crippen molar-refractivity contribution in [1.29, 1.82) is 0 Å². The summed E-state index contributed by atoms with van der Waals surface area (Å²) >= 11 is 0. The van der Waals surface area contributed by atoms with Crippen LogP contribution in [0, 0.1) is 0 Å². The highest BCUT2D eigenvalue weighted by Gasteiger charge is 1.95. The molecule has 0 rings (SSSR count). The van der Waals surface area contributed by atoms with Gasteiger partial charge in [0.25, 0.3) is 0 Å². The Kier molecular flexibility index (Phi) is 9.00. The largest absolute Gasteiger partial charge is 0.315 e. The number of nitrogens with one attached hydrogen (secondary N) is 1. The van der Waals surface area contributed by atoms with Crippen LogP contribution in [0.4, 0.5) is 0 Å². The van der Waals surface area contributed by atoms with Crippen LogP contribution in [0.3, 0.4) is 0 Å². The third kappa shape index (κ3) is 9.75. The summed E-state index contributed by atoms with van der Waals surface area (Å²) in [7, 11) is 2.15. The smallest absolute Gasteiger partial charge is 0.0157 e. The average molecular weight is 198 g/mol. The SMILES string of the molecule is C=CCN(C)CCCCCNC(C)C. The number of rotatable bonds is 9. The molecule has 0 radical (unpaired) electrons. The number of hydrogen-bond donors (Lipinski definition) is 1. The molecule has 84 valence electrons. The maximum Gasteiger partial charge on any atom is 0.0157 e. The molecular formula is C12H26N2. The van der Waals surface area contributed by atoms with Crippen molar-refractivity contribution >= 4 is 0 Å². The molecule has 0 saturated heterocycles. The molecule has 1 N–H and O–H groups in total. The van der Waals surface area contributed by atoms with E-state index in [9.17, 15) is 0 Å². The van der Waals surface area contributed by atoms with Crippen LogP contribution in [0.5, 0.6) is 0 Å². The van der Waals surface area contributed by atoms with Gasteiger partial charge in [0.2, 0.25) is 0 Å². The van der Waals surface area contributed by atoms with Gasteiger partial charge in [0, 0.05) is 12.6 Å². The van der Waals surface area contributed by atoms with Gasteiger partial charge in [-0.3, -0.25) is 0 Å². The second kappa shape index (κ2) is 9.22. The zero-order valence-electron chi connectivity index (χ0n) is 10.1. The van der Waals surface area contributed by atoms with Gasteiger partial charge in [0.05, 0.1) is 0 Å². The van der Waals surface area contributed by atoms with Gasteiger partial charge in [0.15, 0.2) is 0 Å². The first-order valence-corrected chi connectivity index (χ1v) is 5.69. The predicted molar refractivity (Wildman–Crippen MR) is 64.7 cm³/mol. The van der Waals surface area contributed by atoms with Crippen LogP contribution in [0.1, 0.15) is 33.1 Å². The summed E-state index contributed by atoms with van der Waals surface area (Å²) in [6.45, 7) is 11.5.